The molecule has 3 rings (SSSR count). The van der Waals surface area contributed by atoms with Crippen LogP contribution in [0.3, 0.4) is 0 Å². The van der Waals surface area contributed by atoms with Crippen molar-refractivity contribution >= 4 is 29.1 Å². The fourth-order valence-corrected chi connectivity index (χ4v) is 3.24. The van der Waals surface area contributed by atoms with Crippen LogP contribution in [0.5, 0.6) is 0 Å². The molecule has 6 heteroatoms. The normalized spacial score (nSPS) is 15.2. The van der Waals surface area contributed by atoms with Crippen LogP contribution in [-0.2, 0) is 11.3 Å². The molecule has 2 aromatic carbocycles. The molecule has 1 fully saturated rings. The zero-order chi connectivity index (χ0) is 18.0. The van der Waals surface area contributed by atoms with Gasteiger partial charge in [-0.3, -0.25) is 9.69 Å². The molecule has 1 atom stereocenters. The molecular formula is C19H19Cl2FN2O. The summed E-state index contributed by atoms with van der Waals surface area (Å²) >= 11 is 12.2. The predicted molar refractivity (Wildman–Crippen MR) is 98.2 cm³/mol. The van der Waals surface area contributed by atoms with Crippen molar-refractivity contribution in [1.82, 2.24) is 10.2 Å². The summed E-state index contributed by atoms with van der Waals surface area (Å²) in [7, 11) is 1.85. The number of carbonyl (C=O) groups is 1. The molecule has 0 saturated heterocycles. The predicted octanol–water partition coefficient (Wildman–Crippen LogP) is 4.58. The minimum atomic E-state index is -0.520. The summed E-state index contributed by atoms with van der Waals surface area (Å²) in [5.41, 5.74) is 1.62. The molecule has 0 heterocycles. The average Bonchev–Trinajstić information content (AvgIpc) is 3.36. The smallest absolute Gasteiger partial charge is 0.242 e. The number of nitrogens with zero attached hydrogens (tertiary/aromatic N) is 1. The third-order valence-electron chi connectivity index (χ3n) is 4.23. The second-order valence-electron chi connectivity index (χ2n) is 6.39. The summed E-state index contributed by atoms with van der Waals surface area (Å²) in [6.07, 6.45) is 2.02. The van der Waals surface area contributed by atoms with Crippen LogP contribution in [0.25, 0.3) is 0 Å². The second-order valence-corrected chi connectivity index (χ2v) is 7.23. The van der Waals surface area contributed by atoms with Crippen LogP contribution in [0, 0.1) is 5.82 Å². The van der Waals surface area contributed by atoms with Crippen molar-refractivity contribution in [1.29, 1.82) is 0 Å². The van der Waals surface area contributed by atoms with Gasteiger partial charge in [-0.15, -0.1) is 0 Å². The van der Waals surface area contributed by atoms with E-state index in [0.29, 0.717) is 16.6 Å². The highest BCUT2D eigenvalue weighted by Gasteiger charge is 2.31. The van der Waals surface area contributed by atoms with Crippen LogP contribution in [0.15, 0.2) is 42.5 Å². The van der Waals surface area contributed by atoms with Gasteiger partial charge in [-0.1, -0.05) is 41.4 Å². The highest BCUT2D eigenvalue weighted by molar-refractivity contribution is 6.35. The first-order chi connectivity index (χ1) is 11.9. The molecule has 3 nitrogen and oxygen atoms in total. The fraction of sp³-hybridized carbons (Fsp3) is 0.316. The van der Waals surface area contributed by atoms with E-state index in [1.54, 1.807) is 24.3 Å². The minimum absolute atomic E-state index is 0.0818. The number of hydrogen-bond donors (Lipinski definition) is 1. The molecular weight excluding hydrogens is 362 g/mol. The molecule has 0 aliphatic heterocycles. The van der Waals surface area contributed by atoms with Crippen LogP contribution >= 0.6 is 23.2 Å². The third-order valence-corrected chi connectivity index (χ3v) is 4.82. The molecule has 0 aromatic heterocycles. The van der Waals surface area contributed by atoms with Gasteiger partial charge in [0, 0.05) is 22.6 Å². The Labute approximate surface area is 156 Å². The Bertz CT molecular complexity index is 763. The van der Waals surface area contributed by atoms with Gasteiger partial charge in [-0.2, -0.15) is 0 Å². The summed E-state index contributed by atoms with van der Waals surface area (Å²) in [5.74, 6) is -0.407. The van der Waals surface area contributed by atoms with Gasteiger partial charge >= 0.3 is 0 Å². The Morgan fingerprint density at radius 2 is 1.92 bits per heavy atom. The second kappa shape index (κ2) is 7.73. The number of amides is 1. The van der Waals surface area contributed by atoms with Crippen molar-refractivity contribution < 1.29 is 9.18 Å². The average molecular weight is 381 g/mol. The summed E-state index contributed by atoms with van der Waals surface area (Å²) in [4.78, 5) is 14.7. The highest BCUT2D eigenvalue weighted by Crippen LogP contribution is 2.28. The van der Waals surface area contributed by atoms with Crippen molar-refractivity contribution in [2.24, 2.45) is 0 Å². The third kappa shape index (κ3) is 4.72. The molecule has 1 unspecified atom stereocenters. The van der Waals surface area contributed by atoms with Crippen LogP contribution in [-0.4, -0.2) is 23.9 Å². The largest absolute Gasteiger partial charge is 0.352 e. The highest BCUT2D eigenvalue weighted by atomic mass is 35.5. The molecule has 1 N–H and O–H groups in total. The van der Waals surface area contributed by atoms with Gasteiger partial charge in [0.05, 0.1) is 0 Å². The van der Waals surface area contributed by atoms with E-state index < -0.39 is 6.04 Å². The molecule has 1 aliphatic carbocycles. The lowest BCUT2D eigenvalue weighted by Crippen LogP contribution is -2.39. The van der Waals surface area contributed by atoms with Crippen LogP contribution in [0.4, 0.5) is 4.39 Å². The Hall–Kier alpha value is -1.62. The lowest BCUT2D eigenvalue weighted by molar-refractivity contribution is -0.126. The molecule has 0 bridgehead atoms. The molecule has 0 radical (unpaired) electrons. The van der Waals surface area contributed by atoms with Gasteiger partial charge in [0.2, 0.25) is 5.91 Å². The van der Waals surface area contributed by atoms with Gasteiger partial charge in [-0.25, -0.2) is 4.39 Å². The zero-order valence-corrected chi connectivity index (χ0v) is 15.3. The van der Waals surface area contributed by atoms with E-state index in [0.717, 1.165) is 24.0 Å². The number of halogens is 3. The Morgan fingerprint density at radius 1 is 1.24 bits per heavy atom. The molecule has 2 aromatic rings. The first-order valence-electron chi connectivity index (χ1n) is 8.14. The Kier molecular flexibility index (Phi) is 5.62. The maximum Gasteiger partial charge on any atom is 0.242 e. The molecule has 1 aliphatic rings. The summed E-state index contributed by atoms with van der Waals surface area (Å²) in [6, 6.07) is 11.1. The maximum absolute atomic E-state index is 13.3. The number of nitrogens with one attached hydrogen (secondary N) is 1. The van der Waals surface area contributed by atoms with E-state index in [2.05, 4.69) is 5.32 Å². The van der Waals surface area contributed by atoms with Crippen molar-refractivity contribution in [2.75, 3.05) is 7.05 Å². The summed E-state index contributed by atoms with van der Waals surface area (Å²) in [6.45, 7) is 0.468. The standard InChI is InChI=1S/C19H19Cl2FN2O/c1-24(11-13-2-5-14(20)10-17(13)21)18(19(25)23-16-8-9-16)12-3-6-15(22)7-4-12/h2-7,10,16,18H,8-9,11H2,1H3,(H,23,25). The first kappa shape index (κ1) is 18.2. The Balaban J connectivity index is 1.83. The number of rotatable bonds is 6. The van der Waals surface area contributed by atoms with E-state index in [4.69, 9.17) is 23.2 Å². The number of carbonyl (C=O) groups excluding carboxylic acids is 1. The minimum Gasteiger partial charge on any atom is -0.352 e. The molecule has 132 valence electrons. The lowest BCUT2D eigenvalue weighted by Gasteiger charge is -2.28. The van der Waals surface area contributed by atoms with Crippen LogP contribution in [0.2, 0.25) is 10.0 Å². The lowest BCUT2D eigenvalue weighted by atomic mass is 10.0. The van der Waals surface area contributed by atoms with Gasteiger partial charge in [0.25, 0.3) is 0 Å². The van der Waals surface area contributed by atoms with Gasteiger partial charge in [0.1, 0.15) is 11.9 Å². The van der Waals surface area contributed by atoms with E-state index in [1.165, 1.54) is 12.1 Å². The molecule has 25 heavy (non-hydrogen) atoms. The summed E-state index contributed by atoms with van der Waals surface area (Å²) < 4.78 is 13.3. The first-order valence-corrected chi connectivity index (χ1v) is 8.89. The van der Waals surface area contributed by atoms with Crippen molar-refractivity contribution in [3.63, 3.8) is 0 Å². The van der Waals surface area contributed by atoms with Crippen LogP contribution in [0.1, 0.15) is 30.0 Å². The maximum atomic E-state index is 13.3. The quantitative estimate of drug-likeness (QED) is 0.794. The molecule has 0 spiro atoms. The van der Waals surface area contributed by atoms with Crippen molar-refractivity contribution in [3.8, 4) is 0 Å². The van der Waals surface area contributed by atoms with E-state index in [1.807, 2.05) is 18.0 Å². The number of hydrogen-bond acceptors (Lipinski definition) is 2. The monoisotopic (exact) mass is 380 g/mol. The fourth-order valence-electron chi connectivity index (χ4n) is 2.77. The molecule has 1 saturated carbocycles. The zero-order valence-electron chi connectivity index (χ0n) is 13.8. The van der Waals surface area contributed by atoms with Crippen molar-refractivity contribution in [2.45, 2.75) is 31.5 Å². The summed E-state index contributed by atoms with van der Waals surface area (Å²) in [5, 5.41) is 4.15. The van der Waals surface area contributed by atoms with E-state index in [9.17, 15) is 9.18 Å². The number of benzene rings is 2. The van der Waals surface area contributed by atoms with E-state index in [-0.39, 0.29) is 17.8 Å². The van der Waals surface area contributed by atoms with Crippen LogP contribution < -0.4 is 5.32 Å². The topological polar surface area (TPSA) is 32.3 Å². The van der Waals surface area contributed by atoms with Gasteiger partial charge in [-0.05, 0) is 55.3 Å². The van der Waals surface area contributed by atoms with Crippen molar-refractivity contribution in [3.05, 3.63) is 69.5 Å². The SMILES string of the molecule is CN(Cc1ccc(Cl)cc1Cl)C(C(=O)NC1CC1)c1ccc(F)cc1. The van der Waals surface area contributed by atoms with Gasteiger partial charge < -0.3 is 5.32 Å². The Morgan fingerprint density at radius 3 is 2.52 bits per heavy atom. The van der Waals surface area contributed by atoms with Gasteiger partial charge in [0.15, 0.2) is 0 Å². The number of likely N-dealkylation sites (N-methyl/N-ethyl adjacent to an activating group) is 1. The molecule has 1 amide bonds. The van der Waals surface area contributed by atoms with E-state index >= 15 is 0 Å².